The molecular weight excluding hydrogens is 411 g/mol. The van der Waals surface area contributed by atoms with E-state index >= 15 is 0 Å². The maximum Gasteiger partial charge on any atom is 0.253 e. The van der Waals surface area contributed by atoms with E-state index in [-0.39, 0.29) is 11.4 Å². The van der Waals surface area contributed by atoms with Gasteiger partial charge in [0.15, 0.2) is 0 Å². The molecule has 1 atom stereocenters. The molecule has 9 nitrogen and oxygen atoms in total. The van der Waals surface area contributed by atoms with E-state index in [4.69, 9.17) is 22.6 Å². The van der Waals surface area contributed by atoms with Gasteiger partial charge in [-0.15, -0.1) is 9.24 Å². The number of nitrogens with two attached hydrogens (primary N) is 3. The van der Waals surface area contributed by atoms with Crippen LogP contribution in [0.25, 0.3) is 0 Å². The second-order valence-electron chi connectivity index (χ2n) is 7.64. The number of hydrogen-bond acceptors (Lipinski definition) is 7. The zero-order valence-electron chi connectivity index (χ0n) is 17.3. The van der Waals surface area contributed by atoms with Crippen LogP contribution in [0.1, 0.15) is 12.8 Å². The van der Waals surface area contributed by atoms with Crippen molar-refractivity contribution in [2.75, 3.05) is 35.6 Å². The van der Waals surface area contributed by atoms with Crippen molar-refractivity contribution < 1.29 is 4.79 Å². The summed E-state index contributed by atoms with van der Waals surface area (Å²) >= 11 is 0. The van der Waals surface area contributed by atoms with E-state index in [0.29, 0.717) is 17.9 Å². The van der Waals surface area contributed by atoms with Crippen LogP contribution in [0.3, 0.4) is 0 Å². The fourth-order valence-electron chi connectivity index (χ4n) is 3.49. The summed E-state index contributed by atoms with van der Waals surface area (Å²) in [7, 11) is 2.60. The highest BCUT2D eigenvalue weighted by atomic mass is 31.0. The van der Waals surface area contributed by atoms with Gasteiger partial charge in [0.1, 0.15) is 5.84 Å². The molecule has 0 radical (unpaired) electrons. The lowest BCUT2D eigenvalue weighted by atomic mass is 9.87. The second kappa shape index (κ2) is 9.76. The molecule has 3 rings (SSSR count). The number of piperidine rings is 1. The third kappa shape index (κ3) is 5.71. The van der Waals surface area contributed by atoms with E-state index < -0.39 is 11.4 Å². The van der Waals surface area contributed by atoms with Gasteiger partial charge in [-0.25, -0.2) is 0 Å². The van der Waals surface area contributed by atoms with Gasteiger partial charge in [0.2, 0.25) is 0 Å². The van der Waals surface area contributed by atoms with E-state index in [1.165, 1.54) is 6.20 Å². The zero-order valence-corrected chi connectivity index (χ0v) is 18.4. The van der Waals surface area contributed by atoms with Crippen LogP contribution >= 0.6 is 9.24 Å². The number of hydrogen-bond donors (Lipinski definition) is 6. The van der Waals surface area contributed by atoms with Crippen LogP contribution in [0.4, 0.5) is 17.1 Å². The van der Waals surface area contributed by atoms with Gasteiger partial charge < -0.3 is 32.7 Å². The standard InChI is InChI=1S/C21H29N8OP/c22-13-21(5-7-29(8-6-21)16-9-14(23)10-26-11-16)27-12-18(20(25)30)19(24)28-15-1-3-17(31)4-2-15/h1-4,9-12,27H,5-8,13,22-23,31H2,(H2,24,28)(H2,25,30)/b18-12+. The average Bonchev–Trinajstić information content (AvgIpc) is 2.75. The van der Waals surface area contributed by atoms with Gasteiger partial charge in [-0.2, -0.15) is 0 Å². The highest BCUT2D eigenvalue weighted by Gasteiger charge is 2.33. The number of carbonyl (C=O) groups is 1. The van der Waals surface area contributed by atoms with Crippen LogP contribution < -0.4 is 38.0 Å². The van der Waals surface area contributed by atoms with Gasteiger partial charge in [-0.05, 0) is 36.3 Å². The van der Waals surface area contributed by atoms with Crippen molar-refractivity contribution >= 4 is 43.3 Å². The summed E-state index contributed by atoms with van der Waals surface area (Å²) in [5.74, 6) is -0.768. The van der Waals surface area contributed by atoms with E-state index in [9.17, 15) is 4.79 Å². The first-order chi connectivity index (χ1) is 14.8. The smallest absolute Gasteiger partial charge is 0.253 e. The van der Waals surface area contributed by atoms with Gasteiger partial charge in [-0.3, -0.25) is 15.2 Å². The summed E-state index contributed by atoms with van der Waals surface area (Å²) in [6, 6.07) is 9.33. The highest BCUT2D eigenvalue weighted by molar-refractivity contribution is 7.27. The molecule has 1 aromatic heterocycles. The van der Waals surface area contributed by atoms with Gasteiger partial charge >= 0.3 is 0 Å². The van der Waals surface area contributed by atoms with E-state index in [2.05, 4.69) is 29.8 Å². The van der Waals surface area contributed by atoms with Crippen LogP contribution in [0.15, 0.2) is 54.5 Å². The van der Waals surface area contributed by atoms with Crippen LogP contribution in [0.2, 0.25) is 0 Å². The number of carbonyl (C=O) groups excluding carboxylic acids is 1. The highest BCUT2D eigenvalue weighted by Crippen LogP contribution is 2.26. The molecule has 2 aromatic rings. The van der Waals surface area contributed by atoms with Crippen molar-refractivity contribution in [2.45, 2.75) is 18.4 Å². The number of benzene rings is 1. The summed E-state index contributed by atoms with van der Waals surface area (Å²) < 4.78 is 0. The van der Waals surface area contributed by atoms with Crippen molar-refractivity contribution in [3.8, 4) is 0 Å². The first kappa shape index (κ1) is 22.5. The van der Waals surface area contributed by atoms with Gasteiger partial charge in [-0.1, -0.05) is 12.1 Å². The number of nitrogen functional groups attached to an aromatic ring is 1. The third-order valence-electron chi connectivity index (χ3n) is 5.46. The Morgan fingerprint density at radius 2 is 1.94 bits per heavy atom. The predicted molar refractivity (Wildman–Crippen MR) is 129 cm³/mol. The summed E-state index contributed by atoms with van der Waals surface area (Å²) in [6.45, 7) is 1.90. The van der Waals surface area contributed by atoms with Gasteiger partial charge in [0, 0.05) is 37.7 Å². The van der Waals surface area contributed by atoms with Crippen molar-refractivity contribution in [3.05, 3.63) is 54.5 Å². The first-order valence-corrected chi connectivity index (χ1v) is 10.5. The Morgan fingerprint density at radius 1 is 1.26 bits per heavy atom. The number of nitrogens with zero attached hydrogens (tertiary/aromatic N) is 2. The number of nitrogens with one attached hydrogen (secondary N) is 3. The summed E-state index contributed by atoms with van der Waals surface area (Å²) in [4.78, 5) is 18.4. The number of amidine groups is 1. The van der Waals surface area contributed by atoms with E-state index in [1.54, 1.807) is 12.4 Å². The SMILES string of the molecule is N=C(Nc1ccc(P)cc1)/C(=C\NC1(CN)CCN(c2cncc(N)c2)CC1)C(N)=O. The molecule has 2 heterocycles. The molecule has 1 aliphatic heterocycles. The van der Waals surface area contributed by atoms with Crippen LogP contribution in [0.5, 0.6) is 0 Å². The lowest BCUT2D eigenvalue weighted by molar-refractivity contribution is -0.114. The van der Waals surface area contributed by atoms with Crippen molar-refractivity contribution in [1.82, 2.24) is 10.3 Å². The molecule has 1 fully saturated rings. The Kier molecular flexibility index (Phi) is 7.09. The van der Waals surface area contributed by atoms with Crippen molar-refractivity contribution in [1.29, 1.82) is 5.41 Å². The quantitative estimate of drug-likeness (QED) is 0.158. The van der Waals surface area contributed by atoms with Crippen molar-refractivity contribution in [2.24, 2.45) is 11.5 Å². The topological polar surface area (TPSA) is 159 Å². The number of rotatable bonds is 7. The molecule has 1 unspecified atom stereocenters. The molecule has 0 bridgehead atoms. The van der Waals surface area contributed by atoms with E-state index in [1.807, 2.05) is 30.3 Å². The number of pyridine rings is 1. The minimum Gasteiger partial charge on any atom is -0.397 e. The number of amides is 1. The molecule has 164 valence electrons. The maximum absolute atomic E-state index is 12.0. The molecule has 0 spiro atoms. The minimum absolute atomic E-state index is 0.0604. The fourth-order valence-corrected chi connectivity index (χ4v) is 3.68. The summed E-state index contributed by atoms with van der Waals surface area (Å²) in [5, 5.41) is 15.5. The Bertz CT molecular complexity index is 968. The molecule has 1 aromatic carbocycles. The molecule has 10 heteroatoms. The van der Waals surface area contributed by atoms with Crippen LogP contribution in [0, 0.1) is 5.41 Å². The molecular formula is C21H29N8OP. The van der Waals surface area contributed by atoms with Crippen molar-refractivity contribution in [3.63, 3.8) is 0 Å². The van der Waals surface area contributed by atoms with Gasteiger partial charge in [0.25, 0.3) is 5.91 Å². The zero-order chi connectivity index (χ0) is 22.4. The van der Waals surface area contributed by atoms with Crippen LogP contribution in [-0.2, 0) is 4.79 Å². The fraction of sp³-hybridized carbons (Fsp3) is 0.286. The Balaban J connectivity index is 1.68. The lowest BCUT2D eigenvalue weighted by Gasteiger charge is -2.42. The number of primary amides is 1. The second-order valence-corrected chi connectivity index (χ2v) is 8.30. The molecule has 1 aliphatic rings. The average molecular weight is 440 g/mol. The number of aromatic nitrogens is 1. The predicted octanol–water partition coefficient (Wildman–Crippen LogP) is 0.510. The largest absolute Gasteiger partial charge is 0.397 e. The molecule has 0 aliphatic carbocycles. The Labute approximate surface area is 184 Å². The van der Waals surface area contributed by atoms with Gasteiger partial charge in [0.05, 0.1) is 28.7 Å². The molecule has 0 saturated carbocycles. The molecule has 1 amide bonds. The Hall–Kier alpha value is -3.16. The molecule has 9 N–H and O–H groups in total. The lowest BCUT2D eigenvalue weighted by Crippen LogP contribution is -2.56. The summed E-state index contributed by atoms with van der Waals surface area (Å²) in [6.07, 6.45) is 6.41. The Morgan fingerprint density at radius 3 is 2.52 bits per heavy atom. The minimum atomic E-state index is -0.692. The summed E-state index contributed by atoms with van der Waals surface area (Å²) in [5.41, 5.74) is 19.4. The normalized spacial score (nSPS) is 15.9. The number of anilines is 3. The first-order valence-electron chi connectivity index (χ1n) is 9.96. The monoisotopic (exact) mass is 440 g/mol. The third-order valence-corrected chi connectivity index (χ3v) is 5.84. The van der Waals surface area contributed by atoms with E-state index in [0.717, 1.165) is 36.9 Å². The maximum atomic E-state index is 12.0. The molecule has 31 heavy (non-hydrogen) atoms. The molecule has 1 saturated heterocycles. The van der Waals surface area contributed by atoms with Crippen LogP contribution in [-0.4, -0.2) is 41.9 Å².